The van der Waals surface area contributed by atoms with Crippen LogP contribution in [0.2, 0.25) is 0 Å². The molecule has 0 radical (unpaired) electrons. The van der Waals surface area contributed by atoms with Gasteiger partial charge in [-0.25, -0.2) is 14.3 Å². The van der Waals surface area contributed by atoms with Crippen LogP contribution in [0.3, 0.4) is 0 Å². The molecule has 7 nitrogen and oxygen atoms in total. The fourth-order valence-corrected chi connectivity index (χ4v) is 2.62. The normalized spacial score (nSPS) is 10.6. The van der Waals surface area contributed by atoms with Gasteiger partial charge in [0.25, 0.3) is 5.56 Å². The Morgan fingerprint density at radius 1 is 1.36 bits per heavy atom. The van der Waals surface area contributed by atoms with Crippen LogP contribution in [-0.2, 0) is 11.2 Å². The highest BCUT2D eigenvalue weighted by atomic mass is 16.5. The van der Waals surface area contributed by atoms with E-state index in [1.54, 1.807) is 25.1 Å². The number of H-pyrrole nitrogens is 1. The lowest BCUT2D eigenvalue weighted by Gasteiger charge is -2.07. The zero-order chi connectivity index (χ0) is 18.0. The van der Waals surface area contributed by atoms with E-state index in [0.717, 1.165) is 5.56 Å². The van der Waals surface area contributed by atoms with E-state index in [1.807, 2.05) is 19.1 Å². The number of rotatable bonds is 4. The van der Waals surface area contributed by atoms with E-state index in [0.29, 0.717) is 22.5 Å². The van der Waals surface area contributed by atoms with Gasteiger partial charge in [-0.3, -0.25) is 9.89 Å². The molecule has 0 unspecified atom stereocenters. The summed E-state index contributed by atoms with van der Waals surface area (Å²) in [5.41, 5.74) is 2.80. The third-order valence-electron chi connectivity index (χ3n) is 3.87. The summed E-state index contributed by atoms with van der Waals surface area (Å²) >= 11 is 0. The molecule has 126 valence electrons. The zero-order valence-electron chi connectivity index (χ0n) is 13.9. The Bertz CT molecular complexity index is 1060. The lowest BCUT2D eigenvalue weighted by Crippen LogP contribution is -2.23. The van der Waals surface area contributed by atoms with Gasteiger partial charge in [0.1, 0.15) is 11.8 Å². The van der Waals surface area contributed by atoms with Crippen LogP contribution in [0, 0.1) is 25.2 Å². The fourth-order valence-electron chi connectivity index (χ4n) is 2.62. The maximum absolute atomic E-state index is 12.5. The number of aryl methyl sites for hydroxylation is 2. The Hall–Kier alpha value is -3.40. The summed E-state index contributed by atoms with van der Waals surface area (Å²) in [6.07, 6.45) is 0.249. The minimum Gasteiger partial charge on any atom is -0.462 e. The summed E-state index contributed by atoms with van der Waals surface area (Å²) in [6, 6.07) is 10.6. The Kier molecular flexibility index (Phi) is 4.35. The number of carbonyl (C=O) groups is 1. The fraction of sp³-hybridized carbons (Fsp3) is 0.222. The number of carbonyl (C=O) groups excluding carboxylic acids is 1. The van der Waals surface area contributed by atoms with Gasteiger partial charge in [-0.05, 0) is 26.0 Å². The van der Waals surface area contributed by atoms with Crippen LogP contribution in [0.1, 0.15) is 32.9 Å². The Morgan fingerprint density at radius 2 is 2.16 bits per heavy atom. The zero-order valence-corrected chi connectivity index (χ0v) is 13.9. The van der Waals surface area contributed by atoms with Gasteiger partial charge < -0.3 is 4.74 Å². The van der Waals surface area contributed by atoms with Gasteiger partial charge >= 0.3 is 5.97 Å². The molecule has 1 aromatic carbocycles. The van der Waals surface area contributed by atoms with Crippen molar-refractivity contribution in [2.75, 3.05) is 6.61 Å². The Labute approximate surface area is 143 Å². The van der Waals surface area contributed by atoms with Gasteiger partial charge in [-0.15, -0.1) is 0 Å². The molecular weight excluding hydrogens is 320 g/mol. The monoisotopic (exact) mass is 336 g/mol. The molecule has 3 aromatic rings. The Balaban J connectivity index is 1.76. The average Bonchev–Trinajstić information content (AvgIpc) is 3.01. The van der Waals surface area contributed by atoms with Crippen molar-refractivity contribution in [3.05, 3.63) is 68.8 Å². The molecule has 0 aliphatic carbocycles. The molecule has 0 aliphatic heterocycles. The topological polar surface area (TPSA) is 100 Å². The van der Waals surface area contributed by atoms with Crippen molar-refractivity contribution in [1.29, 1.82) is 5.26 Å². The first-order valence-electron chi connectivity index (χ1n) is 7.74. The molecule has 7 heteroatoms. The molecule has 0 spiro atoms. The molecule has 2 heterocycles. The molecule has 1 N–H and O–H groups in total. The lowest BCUT2D eigenvalue weighted by atomic mass is 10.1. The summed E-state index contributed by atoms with van der Waals surface area (Å²) in [5.74, 6) is -0.429. The molecule has 2 aromatic heterocycles. The second-order valence-electron chi connectivity index (χ2n) is 5.71. The second kappa shape index (κ2) is 6.61. The molecule has 0 aliphatic rings. The van der Waals surface area contributed by atoms with Crippen LogP contribution >= 0.6 is 0 Å². The van der Waals surface area contributed by atoms with E-state index in [2.05, 4.69) is 10.1 Å². The molecule has 0 atom stereocenters. The van der Waals surface area contributed by atoms with E-state index in [-0.39, 0.29) is 24.3 Å². The highest BCUT2D eigenvalue weighted by molar-refractivity contribution is 5.89. The number of nitrogens with one attached hydrogen (secondary N) is 1. The van der Waals surface area contributed by atoms with Crippen LogP contribution < -0.4 is 5.56 Å². The van der Waals surface area contributed by atoms with Crippen LogP contribution in [0.5, 0.6) is 0 Å². The van der Waals surface area contributed by atoms with E-state index in [4.69, 9.17) is 10.00 Å². The average molecular weight is 336 g/mol. The highest BCUT2D eigenvalue weighted by Crippen LogP contribution is 2.08. The molecule has 3 rings (SSSR count). The number of fused-ring (bicyclic) bond motifs is 1. The number of hydrogen-bond donors (Lipinski definition) is 1. The number of nitriles is 1. The maximum atomic E-state index is 12.5. The van der Waals surface area contributed by atoms with Gasteiger partial charge in [0.2, 0.25) is 0 Å². The number of aromatic nitrogens is 3. The van der Waals surface area contributed by atoms with Crippen molar-refractivity contribution in [3.63, 3.8) is 0 Å². The second-order valence-corrected chi connectivity index (χ2v) is 5.71. The van der Waals surface area contributed by atoms with E-state index >= 15 is 0 Å². The molecule has 0 bridgehead atoms. The summed E-state index contributed by atoms with van der Waals surface area (Å²) in [4.78, 5) is 28.9. The van der Waals surface area contributed by atoms with Gasteiger partial charge in [0.15, 0.2) is 5.65 Å². The number of benzene rings is 1. The van der Waals surface area contributed by atoms with Crippen molar-refractivity contribution in [1.82, 2.24) is 14.6 Å². The van der Waals surface area contributed by atoms with Crippen molar-refractivity contribution in [2.24, 2.45) is 0 Å². The minimum absolute atomic E-state index is 0.0718. The van der Waals surface area contributed by atoms with Crippen LogP contribution in [0.4, 0.5) is 0 Å². The largest absolute Gasteiger partial charge is 0.462 e. The van der Waals surface area contributed by atoms with Crippen molar-refractivity contribution < 1.29 is 9.53 Å². The molecule has 0 fully saturated rings. The predicted octanol–water partition coefficient (Wildman–Crippen LogP) is 1.91. The van der Waals surface area contributed by atoms with Crippen molar-refractivity contribution >= 4 is 11.6 Å². The number of hydrogen-bond acceptors (Lipinski definition) is 5. The lowest BCUT2D eigenvalue weighted by molar-refractivity contribution is 0.0508. The smallest absolute Gasteiger partial charge is 0.338 e. The van der Waals surface area contributed by atoms with Gasteiger partial charge in [-0.1, -0.05) is 17.7 Å². The molecule has 0 saturated carbocycles. The SMILES string of the molecule is Cc1cccc(C(=O)OCCc2c(C)nc3cc(C#N)[nH]n3c2=O)c1. The van der Waals surface area contributed by atoms with E-state index in [9.17, 15) is 9.59 Å². The number of esters is 1. The van der Waals surface area contributed by atoms with E-state index < -0.39 is 5.97 Å². The third-order valence-corrected chi connectivity index (χ3v) is 3.87. The first-order chi connectivity index (χ1) is 12.0. The first-order valence-corrected chi connectivity index (χ1v) is 7.74. The minimum atomic E-state index is -0.429. The van der Waals surface area contributed by atoms with Gasteiger partial charge in [0, 0.05) is 23.7 Å². The molecule has 0 saturated heterocycles. The van der Waals surface area contributed by atoms with Crippen LogP contribution in [0.15, 0.2) is 35.1 Å². The van der Waals surface area contributed by atoms with Gasteiger partial charge in [0.05, 0.1) is 12.2 Å². The summed E-state index contributed by atoms with van der Waals surface area (Å²) < 4.78 is 6.48. The summed E-state index contributed by atoms with van der Waals surface area (Å²) in [5, 5.41) is 11.6. The van der Waals surface area contributed by atoms with Gasteiger partial charge in [-0.2, -0.15) is 5.26 Å². The predicted molar refractivity (Wildman–Crippen MR) is 90.4 cm³/mol. The number of ether oxygens (including phenoxy) is 1. The standard InChI is InChI=1S/C18H16N4O3/c1-11-4-3-5-13(8-11)18(24)25-7-6-15-12(2)20-16-9-14(10-19)21-22(16)17(15)23/h3-5,8-9,21H,6-7H2,1-2H3. The maximum Gasteiger partial charge on any atom is 0.338 e. The number of aromatic amines is 1. The molecule has 0 amide bonds. The third kappa shape index (κ3) is 3.28. The van der Waals surface area contributed by atoms with Crippen molar-refractivity contribution in [2.45, 2.75) is 20.3 Å². The van der Waals surface area contributed by atoms with Crippen molar-refractivity contribution in [3.8, 4) is 6.07 Å². The van der Waals surface area contributed by atoms with Crippen LogP contribution in [0.25, 0.3) is 5.65 Å². The Morgan fingerprint density at radius 3 is 2.88 bits per heavy atom. The number of nitrogens with zero attached hydrogens (tertiary/aromatic N) is 3. The summed E-state index contributed by atoms with van der Waals surface area (Å²) in [7, 11) is 0. The molecular formula is C18H16N4O3. The van der Waals surface area contributed by atoms with E-state index in [1.165, 1.54) is 10.6 Å². The molecule has 25 heavy (non-hydrogen) atoms. The first kappa shape index (κ1) is 16.5. The van der Waals surface area contributed by atoms with Crippen LogP contribution in [-0.4, -0.2) is 27.2 Å². The quantitative estimate of drug-likeness (QED) is 0.734. The highest BCUT2D eigenvalue weighted by Gasteiger charge is 2.13. The summed E-state index contributed by atoms with van der Waals surface area (Å²) in [6.45, 7) is 3.69.